The molecule has 0 unspecified atom stereocenters. The Labute approximate surface area is 85.7 Å². The lowest BCUT2D eigenvalue weighted by Gasteiger charge is -2.00. The first-order chi connectivity index (χ1) is 5.24. The van der Waals surface area contributed by atoms with Gasteiger partial charge in [-0.1, -0.05) is 42.0 Å². The lowest BCUT2D eigenvalue weighted by Crippen LogP contribution is -2.09. The van der Waals surface area contributed by atoms with Gasteiger partial charge < -0.3 is 3.53 Å². The Hall–Kier alpha value is -0.160. The van der Waals surface area contributed by atoms with E-state index in [1.54, 1.807) is 0 Å². The van der Waals surface area contributed by atoms with Gasteiger partial charge in [0.15, 0.2) is 0 Å². The molecule has 0 aromatic heterocycles. The van der Waals surface area contributed by atoms with Gasteiger partial charge in [-0.25, -0.2) is 0 Å². The summed E-state index contributed by atoms with van der Waals surface area (Å²) in [7, 11) is 0. The van der Waals surface area contributed by atoms with Crippen molar-refractivity contribution in [2.24, 2.45) is 0 Å². The summed E-state index contributed by atoms with van der Waals surface area (Å²) in [6, 6.07) is 8.14. The first-order valence-electron chi connectivity index (χ1n) is 3.21. The van der Waals surface area contributed by atoms with Crippen molar-refractivity contribution in [2.45, 2.75) is 6.92 Å². The number of halogens is 1. The van der Waals surface area contributed by atoms with E-state index >= 15 is 0 Å². The lowest BCUT2D eigenvalue weighted by molar-refractivity contribution is 1.45. The fraction of sp³-hybridized carbons (Fsp3) is 0.125. The molecule has 1 N–H and O–H groups in total. The molecule has 0 atom stereocenters. The molecule has 1 rings (SSSR count). The van der Waals surface area contributed by atoms with Crippen LogP contribution >= 0.6 is 35.1 Å². The van der Waals surface area contributed by atoms with Gasteiger partial charge in [0.25, 0.3) is 0 Å². The summed E-state index contributed by atoms with van der Waals surface area (Å²) in [6.07, 6.45) is 0. The van der Waals surface area contributed by atoms with E-state index in [1.165, 1.54) is 5.56 Å². The van der Waals surface area contributed by atoms with Crippen molar-refractivity contribution in [3.05, 3.63) is 35.4 Å². The van der Waals surface area contributed by atoms with Gasteiger partial charge in [0.2, 0.25) is 0 Å². The number of hydrogen-bond donors (Lipinski definition) is 1. The molecule has 58 valence electrons. The van der Waals surface area contributed by atoms with Crippen LogP contribution in [-0.4, -0.2) is 4.99 Å². The summed E-state index contributed by atoms with van der Waals surface area (Å²) >= 11 is 7.08. The fourth-order valence-corrected chi connectivity index (χ4v) is 1.21. The summed E-state index contributed by atoms with van der Waals surface area (Å²) in [5.74, 6) is 0. The molecular formula is C8H8INS. The molecule has 0 saturated carbocycles. The van der Waals surface area contributed by atoms with Gasteiger partial charge in [-0.3, -0.25) is 0 Å². The van der Waals surface area contributed by atoms with E-state index in [2.05, 4.69) is 22.6 Å². The summed E-state index contributed by atoms with van der Waals surface area (Å²) in [5, 5.41) is 0. The highest BCUT2D eigenvalue weighted by Crippen LogP contribution is 2.03. The summed E-state index contributed by atoms with van der Waals surface area (Å²) < 4.78 is 2.90. The Balaban J connectivity index is 2.90. The molecule has 0 bridgehead atoms. The largest absolute Gasteiger partial charge is 0.319 e. The van der Waals surface area contributed by atoms with Crippen LogP contribution < -0.4 is 3.53 Å². The molecular weight excluding hydrogens is 269 g/mol. The van der Waals surface area contributed by atoms with Gasteiger partial charge in [-0.2, -0.15) is 0 Å². The molecule has 0 aliphatic heterocycles. The van der Waals surface area contributed by atoms with Gasteiger partial charge in [-0.05, 0) is 6.92 Å². The van der Waals surface area contributed by atoms with Crippen LogP contribution in [0.4, 0.5) is 0 Å². The predicted molar refractivity (Wildman–Crippen MR) is 60.0 cm³/mol. The molecule has 1 aromatic rings. The molecule has 0 amide bonds. The highest BCUT2D eigenvalue weighted by atomic mass is 127. The van der Waals surface area contributed by atoms with Gasteiger partial charge in [-0.15, -0.1) is 0 Å². The third kappa shape index (κ3) is 2.41. The van der Waals surface area contributed by atoms with Crippen LogP contribution in [0.25, 0.3) is 0 Å². The number of thiocarbonyl (C=S) groups is 1. The van der Waals surface area contributed by atoms with Crippen molar-refractivity contribution >= 4 is 40.1 Å². The molecule has 0 fully saturated rings. The Bertz CT molecular complexity index is 255. The molecule has 0 spiro atoms. The van der Waals surface area contributed by atoms with Crippen molar-refractivity contribution in [1.29, 1.82) is 0 Å². The minimum absolute atomic E-state index is 0.783. The van der Waals surface area contributed by atoms with Crippen LogP contribution in [0.5, 0.6) is 0 Å². The zero-order valence-electron chi connectivity index (χ0n) is 6.10. The molecule has 1 aromatic carbocycles. The summed E-state index contributed by atoms with van der Waals surface area (Å²) in [4.78, 5) is 0.783. The molecule has 0 saturated heterocycles. The Kier molecular flexibility index (Phi) is 3.26. The molecule has 11 heavy (non-hydrogen) atoms. The van der Waals surface area contributed by atoms with E-state index < -0.39 is 0 Å². The monoisotopic (exact) mass is 277 g/mol. The van der Waals surface area contributed by atoms with Crippen molar-refractivity contribution in [2.75, 3.05) is 0 Å². The summed E-state index contributed by atoms with van der Waals surface area (Å²) in [6.45, 7) is 2.06. The molecule has 3 heteroatoms. The van der Waals surface area contributed by atoms with Crippen LogP contribution in [0.3, 0.4) is 0 Å². The van der Waals surface area contributed by atoms with E-state index in [9.17, 15) is 0 Å². The molecule has 0 aliphatic rings. The van der Waals surface area contributed by atoms with Crippen molar-refractivity contribution < 1.29 is 0 Å². The second-order valence-electron chi connectivity index (χ2n) is 2.29. The normalized spacial score (nSPS) is 9.27. The number of rotatable bonds is 1. The van der Waals surface area contributed by atoms with Crippen LogP contribution in [0.15, 0.2) is 24.3 Å². The van der Waals surface area contributed by atoms with Gasteiger partial charge in [0.05, 0.1) is 22.9 Å². The second-order valence-corrected chi connectivity index (χ2v) is 3.24. The second kappa shape index (κ2) is 4.01. The number of aryl methyl sites for hydroxylation is 1. The maximum Gasteiger partial charge on any atom is 0.115 e. The highest BCUT2D eigenvalue weighted by molar-refractivity contribution is 14.1. The maximum atomic E-state index is 5.05. The lowest BCUT2D eigenvalue weighted by atomic mass is 10.1. The van der Waals surface area contributed by atoms with Crippen molar-refractivity contribution in [3.8, 4) is 0 Å². The van der Waals surface area contributed by atoms with Crippen molar-refractivity contribution in [1.82, 2.24) is 3.53 Å². The summed E-state index contributed by atoms with van der Waals surface area (Å²) in [5.41, 5.74) is 2.32. The average molecular weight is 277 g/mol. The van der Waals surface area contributed by atoms with E-state index in [1.807, 2.05) is 35.0 Å². The van der Waals surface area contributed by atoms with Gasteiger partial charge in [0, 0.05) is 5.56 Å². The van der Waals surface area contributed by atoms with Crippen LogP contribution in [0.1, 0.15) is 11.1 Å². The minimum atomic E-state index is 0.783. The van der Waals surface area contributed by atoms with Gasteiger partial charge >= 0.3 is 0 Å². The third-order valence-corrected chi connectivity index (χ3v) is 2.64. The topological polar surface area (TPSA) is 12.0 Å². The number of hydrogen-bond acceptors (Lipinski definition) is 1. The minimum Gasteiger partial charge on any atom is -0.319 e. The van der Waals surface area contributed by atoms with Crippen LogP contribution in [-0.2, 0) is 0 Å². The smallest absolute Gasteiger partial charge is 0.115 e. The van der Waals surface area contributed by atoms with Crippen molar-refractivity contribution in [3.63, 3.8) is 0 Å². The Morgan fingerprint density at radius 3 is 2.36 bits per heavy atom. The fourth-order valence-electron chi connectivity index (χ4n) is 0.759. The Morgan fingerprint density at radius 1 is 1.36 bits per heavy atom. The van der Waals surface area contributed by atoms with E-state index in [-0.39, 0.29) is 0 Å². The van der Waals surface area contributed by atoms with E-state index in [0.29, 0.717) is 0 Å². The molecule has 0 heterocycles. The van der Waals surface area contributed by atoms with Crippen LogP contribution in [0.2, 0.25) is 0 Å². The molecule has 0 aliphatic carbocycles. The zero-order chi connectivity index (χ0) is 8.27. The number of nitrogens with one attached hydrogen (secondary N) is 1. The van der Waals surface area contributed by atoms with E-state index in [4.69, 9.17) is 12.2 Å². The standard InChI is InChI=1S/C8H8INS/c1-6-2-4-7(5-3-6)8(11)10-9/h2-5H,1H3,(H,10,11). The van der Waals surface area contributed by atoms with E-state index in [0.717, 1.165) is 10.6 Å². The molecule has 0 radical (unpaired) electrons. The first-order valence-corrected chi connectivity index (χ1v) is 4.70. The number of benzene rings is 1. The Morgan fingerprint density at radius 2 is 1.91 bits per heavy atom. The zero-order valence-corrected chi connectivity index (χ0v) is 9.07. The SMILES string of the molecule is Cc1ccc(C(=S)NI)cc1. The highest BCUT2D eigenvalue weighted by Gasteiger charge is 1.95. The quantitative estimate of drug-likeness (QED) is 0.481. The first kappa shape index (κ1) is 8.93. The average Bonchev–Trinajstić information content (AvgIpc) is 2.05. The van der Waals surface area contributed by atoms with Crippen LogP contribution in [0, 0.1) is 6.92 Å². The maximum absolute atomic E-state index is 5.05. The predicted octanol–water partition coefficient (Wildman–Crippen LogP) is 2.61. The van der Waals surface area contributed by atoms with Gasteiger partial charge in [0.1, 0.15) is 4.99 Å². The molecule has 1 nitrogen and oxygen atoms in total. The third-order valence-electron chi connectivity index (χ3n) is 1.40.